The van der Waals surface area contributed by atoms with Gasteiger partial charge < -0.3 is 4.74 Å². The summed E-state index contributed by atoms with van der Waals surface area (Å²) in [5.41, 5.74) is 3.55. The number of ether oxygens (including phenoxy) is 1. The fraction of sp³-hybridized carbons (Fsp3) is 0.471. The highest BCUT2D eigenvalue weighted by Gasteiger charge is 2.28. The normalized spacial score (nSPS) is 20.4. The maximum atomic E-state index is 11.8. The third-order valence-electron chi connectivity index (χ3n) is 3.97. The minimum Gasteiger partial charge on any atom is -0.493 e. The van der Waals surface area contributed by atoms with Gasteiger partial charge in [0.15, 0.2) is 5.78 Å². The molecule has 1 aromatic carbocycles. The van der Waals surface area contributed by atoms with Gasteiger partial charge in [-0.3, -0.25) is 4.79 Å². The number of fused-ring (bicyclic) bond motifs is 1. The number of ketones is 1. The summed E-state index contributed by atoms with van der Waals surface area (Å²) >= 11 is 6.19. The van der Waals surface area contributed by atoms with Crippen LogP contribution in [0.15, 0.2) is 23.8 Å². The third-order valence-corrected chi connectivity index (χ3v) is 4.18. The van der Waals surface area contributed by atoms with Crippen molar-refractivity contribution in [1.29, 1.82) is 0 Å². The molecule has 0 fully saturated rings. The molecule has 1 aliphatic carbocycles. The smallest absolute Gasteiger partial charge is 0.156 e. The predicted octanol–water partition coefficient (Wildman–Crippen LogP) is 4.13. The Morgan fingerprint density at radius 1 is 1.30 bits per heavy atom. The summed E-state index contributed by atoms with van der Waals surface area (Å²) in [5, 5.41) is 0.756. The Morgan fingerprint density at radius 2 is 2.10 bits per heavy atom. The lowest BCUT2D eigenvalue weighted by atomic mass is 9.75. The molecule has 2 nitrogen and oxygen atoms in total. The highest BCUT2D eigenvalue weighted by Crippen LogP contribution is 2.38. The first kappa shape index (κ1) is 13.7. The zero-order valence-electron chi connectivity index (χ0n) is 12.0. The van der Waals surface area contributed by atoms with Crippen LogP contribution in [0.5, 0.6) is 5.75 Å². The number of hydrogen-bond donors (Lipinski definition) is 0. The second-order valence-corrected chi connectivity index (χ2v) is 7.05. The van der Waals surface area contributed by atoms with E-state index in [1.165, 1.54) is 11.1 Å². The lowest BCUT2D eigenvalue weighted by Crippen LogP contribution is -2.22. The summed E-state index contributed by atoms with van der Waals surface area (Å²) in [6, 6.07) is 3.95. The van der Waals surface area contributed by atoms with Crippen LogP contribution in [0.2, 0.25) is 5.02 Å². The average Bonchev–Trinajstić information content (AvgIpc) is 2.73. The van der Waals surface area contributed by atoms with Crippen molar-refractivity contribution in [2.75, 3.05) is 6.61 Å². The van der Waals surface area contributed by atoms with E-state index in [0.29, 0.717) is 6.42 Å². The highest BCUT2D eigenvalue weighted by molar-refractivity contribution is 6.30. The molecule has 0 saturated heterocycles. The third kappa shape index (κ3) is 2.76. The molecule has 1 aliphatic heterocycles. The molecule has 0 amide bonds. The Kier molecular flexibility index (Phi) is 3.37. The molecular formula is C17H19ClO2. The minimum atomic E-state index is 0.0593. The van der Waals surface area contributed by atoms with Crippen molar-refractivity contribution in [1.82, 2.24) is 0 Å². The van der Waals surface area contributed by atoms with Crippen molar-refractivity contribution in [2.45, 2.75) is 39.5 Å². The van der Waals surface area contributed by atoms with E-state index in [-0.39, 0.29) is 11.2 Å². The first-order valence-electron chi connectivity index (χ1n) is 7.09. The zero-order valence-corrected chi connectivity index (χ0v) is 12.7. The van der Waals surface area contributed by atoms with Gasteiger partial charge in [-0.05, 0) is 47.6 Å². The second-order valence-electron chi connectivity index (χ2n) is 6.62. The van der Waals surface area contributed by atoms with E-state index in [9.17, 15) is 4.79 Å². The van der Waals surface area contributed by atoms with Crippen LogP contribution in [0.3, 0.4) is 0 Å². The van der Waals surface area contributed by atoms with E-state index in [1.54, 1.807) is 0 Å². The summed E-state index contributed by atoms with van der Waals surface area (Å²) < 4.78 is 5.73. The largest absolute Gasteiger partial charge is 0.493 e. The Bertz CT molecular complexity index is 599. The molecule has 0 radical (unpaired) electrons. The number of hydrogen-bond acceptors (Lipinski definition) is 2. The molecule has 1 heterocycles. The summed E-state index contributed by atoms with van der Waals surface area (Å²) in [6.45, 7) is 5.03. The van der Waals surface area contributed by atoms with Crippen LogP contribution >= 0.6 is 11.6 Å². The molecule has 0 unspecified atom stereocenters. The van der Waals surface area contributed by atoms with Gasteiger partial charge in [0.2, 0.25) is 0 Å². The van der Waals surface area contributed by atoms with Crippen molar-refractivity contribution >= 4 is 17.4 Å². The molecule has 0 bridgehead atoms. The standard InChI is InChI=1S/C17H19ClO2/c1-17(2)9-11(6-15(19)10-17)5-13-8-14(18)7-12-3-4-20-16(12)13/h6-8H,3-5,9-10H2,1-2H3. The van der Waals surface area contributed by atoms with Gasteiger partial charge in [0, 0.05) is 17.9 Å². The van der Waals surface area contributed by atoms with Crippen molar-refractivity contribution in [3.8, 4) is 5.75 Å². The maximum Gasteiger partial charge on any atom is 0.156 e. The Hall–Kier alpha value is -1.28. The topological polar surface area (TPSA) is 26.3 Å². The molecule has 0 atom stereocenters. The van der Waals surface area contributed by atoms with Gasteiger partial charge in [-0.2, -0.15) is 0 Å². The van der Waals surface area contributed by atoms with E-state index >= 15 is 0 Å². The number of carbonyl (C=O) groups excluding carboxylic acids is 1. The summed E-state index contributed by atoms with van der Waals surface area (Å²) in [7, 11) is 0. The van der Waals surface area contributed by atoms with Crippen LogP contribution in [0.25, 0.3) is 0 Å². The molecule has 3 rings (SSSR count). The number of carbonyl (C=O) groups is 1. The second kappa shape index (κ2) is 4.92. The molecule has 0 saturated carbocycles. The van der Waals surface area contributed by atoms with E-state index in [0.717, 1.165) is 42.2 Å². The van der Waals surface area contributed by atoms with Crippen LogP contribution in [0, 0.1) is 5.41 Å². The van der Waals surface area contributed by atoms with E-state index in [2.05, 4.69) is 13.8 Å². The SMILES string of the molecule is CC1(C)CC(=O)C=C(Cc2cc(Cl)cc3c2OCC3)C1. The van der Waals surface area contributed by atoms with Crippen LogP contribution in [-0.4, -0.2) is 12.4 Å². The Labute approximate surface area is 124 Å². The van der Waals surface area contributed by atoms with Gasteiger partial charge in [0.25, 0.3) is 0 Å². The van der Waals surface area contributed by atoms with Gasteiger partial charge >= 0.3 is 0 Å². The van der Waals surface area contributed by atoms with Gasteiger partial charge in [-0.1, -0.05) is 31.0 Å². The lowest BCUT2D eigenvalue weighted by Gasteiger charge is -2.29. The van der Waals surface area contributed by atoms with Crippen LogP contribution in [0.1, 0.15) is 37.8 Å². The summed E-state index contributed by atoms with van der Waals surface area (Å²) in [4.78, 5) is 11.8. The van der Waals surface area contributed by atoms with Crippen LogP contribution < -0.4 is 4.74 Å². The van der Waals surface area contributed by atoms with E-state index in [1.807, 2.05) is 18.2 Å². The number of halogens is 1. The van der Waals surface area contributed by atoms with Gasteiger partial charge in [-0.15, -0.1) is 0 Å². The zero-order chi connectivity index (χ0) is 14.3. The number of benzene rings is 1. The van der Waals surface area contributed by atoms with Crippen molar-refractivity contribution in [3.05, 3.63) is 39.9 Å². The van der Waals surface area contributed by atoms with E-state index in [4.69, 9.17) is 16.3 Å². The van der Waals surface area contributed by atoms with E-state index < -0.39 is 0 Å². The van der Waals surface area contributed by atoms with Crippen molar-refractivity contribution in [2.24, 2.45) is 5.41 Å². The number of rotatable bonds is 2. The minimum absolute atomic E-state index is 0.0593. The summed E-state index contributed by atoms with van der Waals surface area (Å²) in [6.07, 6.45) is 5.10. The quantitative estimate of drug-likeness (QED) is 0.818. The molecule has 106 valence electrons. The van der Waals surface area contributed by atoms with Crippen molar-refractivity contribution in [3.63, 3.8) is 0 Å². The fourth-order valence-corrected chi connectivity index (χ4v) is 3.58. The molecule has 3 heteroatoms. The fourth-order valence-electron chi connectivity index (χ4n) is 3.31. The maximum absolute atomic E-state index is 11.8. The molecule has 20 heavy (non-hydrogen) atoms. The summed E-state index contributed by atoms with van der Waals surface area (Å²) in [5.74, 6) is 1.21. The Balaban J connectivity index is 1.91. The molecular weight excluding hydrogens is 272 g/mol. The Morgan fingerprint density at radius 3 is 2.85 bits per heavy atom. The molecule has 1 aromatic rings. The van der Waals surface area contributed by atoms with Gasteiger partial charge in [0.05, 0.1) is 6.61 Å². The molecule has 0 spiro atoms. The number of allylic oxidation sites excluding steroid dienone is 2. The molecule has 0 aromatic heterocycles. The monoisotopic (exact) mass is 290 g/mol. The van der Waals surface area contributed by atoms with Gasteiger partial charge in [0.1, 0.15) is 5.75 Å². The lowest BCUT2D eigenvalue weighted by molar-refractivity contribution is -0.117. The van der Waals surface area contributed by atoms with Crippen LogP contribution in [-0.2, 0) is 17.6 Å². The van der Waals surface area contributed by atoms with Crippen LogP contribution in [0.4, 0.5) is 0 Å². The van der Waals surface area contributed by atoms with Gasteiger partial charge in [-0.25, -0.2) is 0 Å². The highest BCUT2D eigenvalue weighted by atomic mass is 35.5. The average molecular weight is 291 g/mol. The first-order chi connectivity index (χ1) is 9.43. The molecule has 2 aliphatic rings. The molecule has 0 N–H and O–H groups in total. The predicted molar refractivity (Wildman–Crippen MR) is 80.5 cm³/mol. The van der Waals surface area contributed by atoms with Crippen molar-refractivity contribution < 1.29 is 9.53 Å². The first-order valence-corrected chi connectivity index (χ1v) is 7.47.